The van der Waals surface area contributed by atoms with E-state index in [0.717, 1.165) is 21.0 Å². The van der Waals surface area contributed by atoms with Gasteiger partial charge < -0.3 is 0 Å². The molecule has 1 aromatic carbocycles. The minimum absolute atomic E-state index is 0.00674. The average molecular weight is 289 g/mol. The van der Waals surface area contributed by atoms with E-state index in [2.05, 4.69) is 4.98 Å². The van der Waals surface area contributed by atoms with Crippen LogP contribution in [0.15, 0.2) is 47.4 Å². The molecule has 2 heterocycles. The van der Waals surface area contributed by atoms with Crippen molar-refractivity contribution in [1.82, 2.24) is 8.55 Å². The third kappa shape index (κ3) is 1.66. The van der Waals surface area contributed by atoms with Crippen molar-refractivity contribution in [2.24, 2.45) is 0 Å². The molecule has 0 bridgehead atoms. The number of nitrogens with zero attached hydrogens (tertiary/aromatic N) is 2. The van der Waals surface area contributed by atoms with Gasteiger partial charge in [0.2, 0.25) is 0 Å². The van der Waals surface area contributed by atoms with Gasteiger partial charge >= 0.3 is 104 Å². The summed E-state index contributed by atoms with van der Waals surface area (Å²) in [6.45, 7) is 1.98. The molecule has 0 aliphatic carbocycles. The quantitative estimate of drug-likeness (QED) is 0.640. The molecule has 84 valence electrons. The van der Waals surface area contributed by atoms with Crippen molar-refractivity contribution in [2.45, 2.75) is 6.92 Å². The maximum absolute atomic E-state index is 12.3. The van der Waals surface area contributed by atoms with Crippen LogP contribution < -0.4 is 5.56 Å². The summed E-state index contributed by atoms with van der Waals surface area (Å²) in [7, 11) is 0. The fourth-order valence-electron chi connectivity index (χ4n) is 1.80. The van der Waals surface area contributed by atoms with Crippen molar-refractivity contribution < 1.29 is 0 Å². The summed E-state index contributed by atoms with van der Waals surface area (Å²) in [4.78, 5) is 16.6. The van der Waals surface area contributed by atoms with Crippen LogP contribution >= 0.6 is 0 Å². The summed E-state index contributed by atoms with van der Waals surface area (Å²) in [5.41, 5.74) is 1.11. The number of aryl methyl sites for hydroxylation is 1. The van der Waals surface area contributed by atoms with Crippen LogP contribution in [0.2, 0.25) is 0 Å². The first-order chi connectivity index (χ1) is 8.27. The molecule has 0 amide bonds. The number of pyridine rings is 1. The van der Waals surface area contributed by atoms with Gasteiger partial charge in [-0.1, -0.05) is 0 Å². The molecule has 2 aromatic heterocycles. The van der Waals surface area contributed by atoms with Gasteiger partial charge in [-0.25, -0.2) is 0 Å². The van der Waals surface area contributed by atoms with Crippen molar-refractivity contribution >= 4 is 24.4 Å². The Kier molecular flexibility index (Phi) is 2.46. The van der Waals surface area contributed by atoms with E-state index in [9.17, 15) is 4.79 Å². The minimum atomic E-state index is 0.00674. The third-order valence-corrected chi connectivity index (χ3v) is 4.92. The second kappa shape index (κ2) is 3.99. The summed E-state index contributed by atoms with van der Waals surface area (Å²) in [6.07, 6.45) is 1.73. The van der Waals surface area contributed by atoms with E-state index in [4.69, 9.17) is 0 Å². The van der Waals surface area contributed by atoms with E-state index in [1.54, 1.807) is 9.76 Å². The van der Waals surface area contributed by atoms with Gasteiger partial charge in [0.1, 0.15) is 0 Å². The SMILES string of the molecule is Cc1cccnc1-n1[se]c2ccccc2c1=O. The number of aromatic nitrogens is 2. The summed E-state index contributed by atoms with van der Waals surface area (Å²) >= 11 is 0.00674. The zero-order valence-electron chi connectivity index (χ0n) is 9.25. The van der Waals surface area contributed by atoms with Gasteiger partial charge in [0.15, 0.2) is 0 Å². The molecule has 3 nitrogen and oxygen atoms in total. The molecule has 0 unspecified atom stereocenters. The third-order valence-electron chi connectivity index (χ3n) is 2.67. The Labute approximate surface area is 104 Å². The molecular formula is C13H10N2OSe. The predicted molar refractivity (Wildman–Crippen MR) is 69.0 cm³/mol. The fourth-order valence-corrected chi connectivity index (χ4v) is 4.00. The Morgan fingerprint density at radius 1 is 1.18 bits per heavy atom. The first-order valence-corrected chi connectivity index (χ1v) is 6.93. The van der Waals surface area contributed by atoms with Gasteiger partial charge in [0, 0.05) is 0 Å². The van der Waals surface area contributed by atoms with Gasteiger partial charge in [-0.3, -0.25) is 0 Å². The summed E-state index contributed by atoms with van der Waals surface area (Å²) in [6, 6.07) is 11.7. The Balaban J connectivity index is 2.36. The zero-order valence-corrected chi connectivity index (χ0v) is 11.0. The van der Waals surface area contributed by atoms with Crippen LogP contribution in [-0.2, 0) is 0 Å². The van der Waals surface area contributed by atoms with Gasteiger partial charge in [-0.15, -0.1) is 0 Å². The molecule has 17 heavy (non-hydrogen) atoms. The predicted octanol–water partition coefficient (Wildman–Crippen LogP) is 1.75. The van der Waals surface area contributed by atoms with Crippen LogP contribution in [0.3, 0.4) is 0 Å². The van der Waals surface area contributed by atoms with E-state index < -0.39 is 0 Å². The van der Waals surface area contributed by atoms with Gasteiger partial charge in [0.25, 0.3) is 0 Å². The Hall–Kier alpha value is -1.64. The average Bonchev–Trinajstić information content (AvgIpc) is 2.68. The molecule has 0 saturated heterocycles. The fraction of sp³-hybridized carbons (Fsp3) is 0.0769. The van der Waals surface area contributed by atoms with Gasteiger partial charge in [-0.05, 0) is 0 Å². The Morgan fingerprint density at radius 3 is 2.76 bits per heavy atom. The van der Waals surface area contributed by atoms with E-state index in [1.807, 2.05) is 43.3 Å². The summed E-state index contributed by atoms with van der Waals surface area (Å²) < 4.78 is 2.93. The standard InChI is InChI=1S/C13H10N2OSe/c1-9-5-4-8-14-12(9)15-13(16)10-6-2-3-7-11(10)17-15/h2-8H,1H3. The van der Waals surface area contributed by atoms with Crippen LogP contribution in [0.4, 0.5) is 0 Å². The maximum atomic E-state index is 12.3. The van der Waals surface area contributed by atoms with Crippen molar-refractivity contribution in [3.63, 3.8) is 0 Å². The molecule has 0 aliphatic rings. The summed E-state index contributed by atoms with van der Waals surface area (Å²) in [5, 5.41) is 0.817. The normalized spacial score (nSPS) is 10.9. The van der Waals surface area contributed by atoms with Crippen LogP contribution in [0.25, 0.3) is 15.5 Å². The van der Waals surface area contributed by atoms with E-state index in [0.29, 0.717) is 0 Å². The van der Waals surface area contributed by atoms with Crippen LogP contribution in [0.5, 0.6) is 0 Å². The van der Waals surface area contributed by atoms with Crippen molar-refractivity contribution in [2.75, 3.05) is 0 Å². The number of hydrogen-bond donors (Lipinski definition) is 0. The topological polar surface area (TPSA) is 34.9 Å². The van der Waals surface area contributed by atoms with Crippen LogP contribution in [0, 0.1) is 6.92 Å². The number of benzene rings is 1. The second-order valence-corrected chi connectivity index (χ2v) is 5.90. The molecule has 4 heteroatoms. The van der Waals surface area contributed by atoms with E-state index in [1.165, 1.54) is 0 Å². The Bertz CT molecular complexity index is 742. The van der Waals surface area contributed by atoms with E-state index in [-0.39, 0.29) is 20.3 Å². The number of rotatable bonds is 1. The second-order valence-electron chi connectivity index (χ2n) is 3.83. The van der Waals surface area contributed by atoms with Gasteiger partial charge in [-0.2, -0.15) is 0 Å². The molecule has 0 N–H and O–H groups in total. The first-order valence-electron chi connectivity index (χ1n) is 5.30. The molecule has 0 saturated carbocycles. The van der Waals surface area contributed by atoms with Crippen LogP contribution in [0.1, 0.15) is 5.56 Å². The van der Waals surface area contributed by atoms with Crippen LogP contribution in [-0.4, -0.2) is 23.3 Å². The molecule has 3 aromatic rings. The number of hydrogen-bond acceptors (Lipinski definition) is 2. The molecule has 0 radical (unpaired) electrons. The molecule has 0 atom stereocenters. The zero-order chi connectivity index (χ0) is 11.8. The molecule has 0 fully saturated rings. The summed E-state index contributed by atoms with van der Waals surface area (Å²) in [5.74, 6) is 0.786. The molecule has 0 aliphatic heterocycles. The van der Waals surface area contributed by atoms with Crippen molar-refractivity contribution in [3.8, 4) is 5.82 Å². The van der Waals surface area contributed by atoms with Crippen molar-refractivity contribution in [3.05, 3.63) is 58.5 Å². The molecule has 0 spiro atoms. The first kappa shape index (κ1) is 10.5. The molecule has 3 rings (SSSR count). The Morgan fingerprint density at radius 2 is 2.00 bits per heavy atom. The van der Waals surface area contributed by atoms with E-state index >= 15 is 0 Å². The van der Waals surface area contributed by atoms with Crippen molar-refractivity contribution in [1.29, 1.82) is 0 Å². The molecular weight excluding hydrogens is 279 g/mol. The van der Waals surface area contributed by atoms with Gasteiger partial charge in [0.05, 0.1) is 0 Å². The monoisotopic (exact) mass is 290 g/mol. The number of fused-ring (bicyclic) bond motifs is 1.